The van der Waals surface area contributed by atoms with Gasteiger partial charge in [-0.3, -0.25) is 0 Å². The van der Waals surface area contributed by atoms with Gasteiger partial charge in [0.2, 0.25) is 0 Å². The van der Waals surface area contributed by atoms with Crippen LogP contribution < -0.4 is 4.90 Å². The van der Waals surface area contributed by atoms with Gasteiger partial charge in [0.05, 0.1) is 5.69 Å². The third-order valence-corrected chi connectivity index (χ3v) is 13.3. The van der Waals surface area contributed by atoms with Crippen LogP contribution >= 0.6 is 0 Å². The molecule has 56 heavy (non-hydrogen) atoms. The summed E-state index contributed by atoms with van der Waals surface area (Å²) in [7, 11) is 0. The van der Waals surface area contributed by atoms with Crippen LogP contribution in [-0.4, -0.2) is 0 Å². The molecule has 1 saturated carbocycles. The second-order valence-corrected chi connectivity index (χ2v) is 16.1. The van der Waals surface area contributed by atoms with E-state index < -0.39 is 0 Å². The van der Waals surface area contributed by atoms with Crippen LogP contribution in [0.4, 0.5) is 17.1 Å². The van der Waals surface area contributed by atoms with Gasteiger partial charge in [0.1, 0.15) is 0 Å². The predicted octanol–water partition coefficient (Wildman–Crippen LogP) is 14.7. The average molecular weight is 718 g/mol. The van der Waals surface area contributed by atoms with Gasteiger partial charge in [-0.15, -0.1) is 0 Å². The molecule has 0 N–H and O–H groups in total. The first-order valence-electron chi connectivity index (χ1n) is 20.2. The van der Waals surface area contributed by atoms with Gasteiger partial charge in [0.15, 0.2) is 0 Å². The van der Waals surface area contributed by atoms with E-state index in [1.165, 1.54) is 104 Å². The molecule has 1 unspecified atom stereocenters. The van der Waals surface area contributed by atoms with Gasteiger partial charge in [-0.25, -0.2) is 0 Å². The van der Waals surface area contributed by atoms with Crippen molar-refractivity contribution in [2.45, 2.75) is 43.4 Å². The number of benzene rings is 8. The Kier molecular flexibility index (Phi) is 7.54. The highest BCUT2D eigenvalue weighted by molar-refractivity contribution is 5.99. The van der Waals surface area contributed by atoms with Crippen molar-refractivity contribution in [1.82, 2.24) is 0 Å². The Morgan fingerprint density at radius 1 is 0.393 bits per heavy atom. The molecule has 0 amide bonds. The topological polar surface area (TPSA) is 3.24 Å². The van der Waals surface area contributed by atoms with Crippen molar-refractivity contribution in [3.63, 3.8) is 0 Å². The number of para-hydroxylation sites is 1. The van der Waals surface area contributed by atoms with Gasteiger partial charge in [-0.1, -0.05) is 177 Å². The minimum atomic E-state index is -0.300. The normalized spacial score (nSPS) is 16.9. The van der Waals surface area contributed by atoms with Crippen LogP contribution in [0.15, 0.2) is 194 Å². The van der Waals surface area contributed by atoms with Crippen LogP contribution in [0.3, 0.4) is 0 Å². The number of hydrogen-bond donors (Lipinski definition) is 0. The number of anilines is 3. The standard InChI is InChI=1S/C55H43N/c1-54(40-19-6-3-7-20-40)48-25-11-8-21-43(48)44-34-33-42(37-51(44)54)56(41-31-29-39(30-32-41)38-17-4-2-5-18-38)52-28-13-10-22-45(52)46-24-16-27-50-53(46)47-23-9-12-26-49(47)55(50)35-14-15-36-55/h2-13,16-34,37H,14-15,35-36H2,1H3. The van der Waals surface area contributed by atoms with Gasteiger partial charge in [0, 0.05) is 27.8 Å². The van der Waals surface area contributed by atoms with Crippen molar-refractivity contribution in [3.05, 3.63) is 222 Å². The minimum absolute atomic E-state index is 0.112. The van der Waals surface area contributed by atoms with Crippen molar-refractivity contribution < 1.29 is 0 Å². The molecule has 0 aromatic heterocycles. The Morgan fingerprint density at radius 3 is 1.71 bits per heavy atom. The third-order valence-electron chi connectivity index (χ3n) is 13.3. The SMILES string of the molecule is CC1(c2ccccc2)c2ccccc2-c2ccc(N(c3ccc(-c4ccccc4)cc3)c3ccccc3-c3cccc4c3-c3ccccc3C43CCCC3)cc21. The summed E-state index contributed by atoms with van der Waals surface area (Å²) in [6.45, 7) is 2.41. The summed E-state index contributed by atoms with van der Waals surface area (Å²) in [6, 6.07) is 72.5. The second kappa shape index (κ2) is 12.8. The molecular formula is C55H43N. The Balaban J connectivity index is 1.14. The molecule has 11 rings (SSSR count). The molecule has 8 aromatic rings. The minimum Gasteiger partial charge on any atom is -0.310 e. The Morgan fingerprint density at radius 2 is 0.946 bits per heavy atom. The lowest BCUT2D eigenvalue weighted by Gasteiger charge is -2.32. The van der Waals surface area contributed by atoms with E-state index in [4.69, 9.17) is 0 Å². The first-order valence-corrected chi connectivity index (χ1v) is 20.2. The van der Waals surface area contributed by atoms with E-state index in [9.17, 15) is 0 Å². The molecule has 1 spiro atoms. The smallest absolute Gasteiger partial charge is 0.0540 e. The molecule has 0 saturated heterocycles. The van der Waals surface area contributed by atoms with Crippen molar-refractivity contribution in [1.29, 1.82) is 0 Å². The maximum atomic E-state index is 2.50. The molecule has 1 atom stereocenters. The molecule has 3 aliphatic rings. The van der Waals surface area contributed by atoms with E-state index in [0.717, 1.165) is 11.4 Å². The number of rotatable bonds is 6. The van der Waals surface area contributed by atoms with Gasteiger partial charge in [-0.05, 0) is 117 Å². The highest BCUT2D eigenvalue weighted by atomic mass is 15.1. The third kappa shape index (κ3) is 4.80. The fourth-order valence-corrected chi connectivity index (χ4v) is 10.7. The van der Waals surface area contributed by atoms with Crippen molar-refractivity contribution in [2.24, 2.45) is 0 Å². The highest BCUT2D eigenvalue weighted by Gasteiger charge is 2.46. The van der Waals surface area contributed by atoms with Crippen LogP contribution in [0.25, 0.3) is 44.5 Å². The van der Waals surface area contributed by atoms with Crippen LogP contribution in [-0.2, 0) is 10.8 Å². The maximum absolute atomic E-state index is 2.50. The molecule has 1 nitrogen and oxygen atoms in total. The van der Waals surface area contributed by atoms with Gasteiger partial charge in [0.25, 0.3) is 0 Å². The first kappa shape index (κ1) is 32.9. The largest absolute Gasteiger partial charge is 0.310 e. The van der Waals surface area contributed by atoms with E-state index in [-0.39, 0.29) is 10.8 Å². The summed E-state index contributed by atoms with van der Waals surface area (Å²) in [5.41, 5.74) is 20.7. The van der Waals surface area contributed by atoms with E-state index >= 15 is 0 Å². The van der Waals surface area contributed by atoms with Gasteiger partial charge in [-0.2, -0.15) is 0 Å². The lowest BCUT2D eigenvalue weighted by molar-refractivity contribution is 0.550. The molecule has 1 heteroatoms. The zero-order valence-electron chi connectivity index (χ0n) is 31.8. The number of fused-ring (bicyclic) bond motifs is 8. The summed E-state index contributed by atoms with van der Waals surface area (Å²) >= 11 is 0. The molecule has 268 valence electrons. The van der Waals surface area contributed by atoms with Crippen LogP contribution in [0, 0.1) is 0 Å². The lowest BCUT2D eigenvalue weighted by atomic mass is 9.74. The molecule has 1 fully saturated rings. The summed E-state index contributed by atoms with van der Waals surface area (Å²) in [5, 5.41) is 0. The summed E-state index contributed by atoms with van der Waals surface area (Å²) < 4.78 is 0. The van der Waals surface area contributed by atoms with E-state index in [1.807, 2.05) is 0 Å². The van der Waals surface area contributed by atoms with Crippen LogP contribution in [0.5, 0.6) is 0 Å². The average Bonchev–Trinajstić information content (AvgIpc) is 3.95. The molecule has 0 aliphatic heterocycles. The predicted molar refractivity (Wildman–Crippen MR) is 234 cm³/mol. The number of nitrogens with zero attached hydrogens (tertiary/aromatic N) is 1. The monoisotopic (exact) mass is 717 g/mol. The molecule has 3 aliphatic carbocycles. The van der Waals surface area contributed by atoms with Crippen molar-refractivity contribution >= 4 is 17.1 Å². The molecular weight excluding hydrogens is 675 g/mol. The van der Waals surface area contributed by atoms with Crippen LogP contribution in [0.1, 0.15) is 60.4 Å². The maximum Gasteiger partial charge on any atom is 0.0540 e. The zero-order valence-corrected chi connectivity index (χ0v) is 31.8. The quantitative estimate of drug-likeness (QED) is 0.166. The fourth-order valence-electron chi connectivity index (χ4n) is 10.7. The van der Waals surface area contributed by atoms with E-state index in [0.29, 0.717) is 0 Å². The molecule has 0 radical (unpaired) electrons. The Hall–Kier alpha value is -6.44. The number of hydrogen-bond acceptors (Lipinski definition) is 1. The molecule has 8 aromatic carbocycles. The lowest BCUT2D eigenvalue weighted by Crippen LogP contribution is -2.23. The van der Waals surface area contributed by atoms with E-state index in [1.54, 1.807) is 0 Å². The summed E-state index contributed by atoms with van der Waals surface area (Å²) in [6.07, 6.45) is 5.01. The fraction of sp³-hybridized carbons (Fsp3) is 0.127. The Bertz CT molecular complexity index is 2760. The van der Waals surface area contributed by atoms with Gasteiger partial charge < -0.3 is 4.90 Å². The van der Waals surface area contributed by atoms with Crippen LogP contribution in [0.2, 0.25) is 0 Å². The Labute approximate surface area is 330 Å². The molecule has 0 bridgehead atoms. The van der Waals surface area contributed by atoms with E-state index in [2.05, 4.69) is 206 Å². The zero-order chi connectivity index (χ0) is 37.3. The second-order valence-electron chi connectivity index (χ2n) is 16.1. The molecule has 0 heterocycles. The first-order chi connectivity index (χ1) is 27.6. The van der Waals surface area contributed by atoms with Gasteiger partial charge >= 0.3 is 0 Å². The van der Waals surface area contributed by atoms with Crippen molar-refractivity contribution in [2.75, 3.05) is 4.90 Å². The highest BCUT2D eigenvalue weighted by Crippen LogP contribution is 2.60. The van der Waals surface area contributed by atoms with Crippen molar-refractivity contribution in [3.8, 4) is 44.5 Å². The summed E-state index contributed by atoms with van der Waals surface area (Å²) in [5.74, 6) is 0. The summed E-state index contributed by atoms with van der Waals surface area (Å²) in [4.78, 5) is 2.50.